The van der Waals surface area contributed by atoms with E-state index in [9.17, 15) is 4.79 Å². The fourth-order valence-corrected chi connectivity index (χ4v) is 2.96. The Labute approximate surface area is 141 Å². The standard InChI is InChI=1S/C20H22N2O2/c1-14(17-10-5-8-16-7-3-4-9-18(16)17)22-20(23)13-21-15(2)19-11-6-12-24-19/h3-12,14-15,21H,13H2,1-2H3,(H,22,23)/p+1/t14-,15+/m1/s1. The quantitative estimate of drug-likeness (QED) is 0.733. The minimum absolute atomic E-state index is 0.0221. The summed E-state index contributed by atoms with van der Waals surface area (Å²) in [6.45, 7) is 4.42. The summed E-state index contributed by atoms with van der Waals surface area (Å²) < 4.78 is 5.36. The number of fused-ring (bicyclic) bond motifs is 1. The van der Waals surface area contributed by atoms with E-state index in [1.807, 2.05) is 49.5 Å². The van der Waals surface area contributed by atoms with Gasteiger partial charge in [0.25, 0.3) is 5.91 Å². The number of nitrogens with one attached hydrogen (secondary N) is 1. The van der Waals surface area contributed by atoms with Gasteiger partial charge in [0.15, 0.2) is 12.3 Å². The number of carbonyl (C=O) groups is 1. The molecular weight excluding hydrogens is 300 g/mol. The fraction of sp³-hybridized carbons (Fsp3) is 0.250. The number of nitrogens with two attached hydrogens (primary N) is 1. The van der Waals surface area contributed by atoms with Crippen LogP contribution >= 0.6 is 0 Å². The average molecular weight is 323 g/mol. The van der Waals surface area contributed by atoms with Gasteiger partial charge in [-0.25, -0.2) is 0 Å². The van der Waals surface area contributed by atoms with Crippen molar-refractivity contribution in [2.75, 3.05) is 6.54 Å². The Morgan fingerprint density at radius 1 is 1.08 bits per heavy atom. The number of hydrogen-bond donors (Lipinski definition) is 2. The second-order valence-electron chi connectivity index (χ2n) is 6.10. The van der Waals surface area contributed by atoms with Gasteiger partial charge in [-0.05, 0) is 42.3 Å². The first-order valence-electron chi connectivity index (χ1n) is 8.29. The third-order valence-corrected chi connectivity index (χ3v) is 4.32. The molecule has 0 saturated heterocycles. The molecule has 24 heavy (non-hydrogen) atoms. The molecule has 4 heteroatoms. The van der Waals surface area contributed by atoms with Crippen LogP contribution in [0.25, 0.3) is 10.8 Å². The lowest BCUT2D eigenvalue weighted by Crippen LogP contribution is -2.87. The van der Waals surface area contributed by atoms with Crippen molar-refractivity contribution in [3.8, 4) is 0 Å². The van der Waals surface area contributed by atoms with Crippen LogP contribution in [0.15, 0.2) is 65.3 Å². The Morgan fingerprint density at radius 2 is 1.88 bits per heavy atom. The van der Waals surface area contributed by atoms with Gasteiger partial charge in [-0.15, -0.1) is 0 Å². The van der Waals surface area contributed by atoms with Crippen LogP contribution in [-0.2, 0) is 4.79 Å². The lowest BCUT2D eigenvalue weighted by molar-refractivity contribution is -0.684. The Balaban J connectivity index is 1.61. The summed E-state index contributed by atoms with van der Waals surface area (Å²) in [5.74, 6) is 0.902. The molecule has 1 amide bonds. The molecule has 3 N–H and O–H groups in total. The maximum Gasteiger partial charge on any atom is 0.275 e. The second-order valence-corrected chi connectivity index (χ2v) is 6.10. The highest BCUT2D eigenvalue weighted by Crippen LogP contribution is 2.23. The first-order valence-corrected chi connectivity index (χ1v) is 8.29. The van der Waals surface area contributed by atoms with E-state index in [4.69, 9.17) is 4.42 Å². The molecule has 0 fully saturated rings. The average Bonchev–Trinajstić information content (AvgIpc) is 3.14. The Kier molecular flexibility index (Phi) is 4.96. The number of amides is 1. The highest BCUT2D eigenvalue weighted by molar-refractivity contribution is 5.87. The predicted octanol–water partition coefficient (Wildman–Crippen LogP) is 2.93. The Bertz CT molecular complexity index is 806. The predicted molar refractivity (Wildman–Crippen MR) is 94.4 cm³/mol. The summed E-state index contributed by atoms with van der Waals surface area (Å²) in [4.78, 5) is 12.3. The van der Waals surface area contributed by atoms with Crippen molar-refractivity contribution in [1.82, 2.24) is 5.32 Å². The zero-order valence-electron chi connectivity index (χ0n) is 14.0. The number of quaternary nitrogens is 1. The smallest absolute Gasteiger partial charge is 0.275 e. The van der Waals surface area contributed by atoms with Crippen molar-refractivity contribution >= 4 is 16.7 Å². The van der Waals surface area contributed by atoms with Crippen molar-refractivity contribution in [3.63, 3.8) is 0 Å². The van der Waals surface area contributed by atoms with Crippen LogP contribution in [-0.4, -0.2) is 12.5 Å². The van der Waals surface area contributed by atoms with Crippen LogP contribution in [0.3, 0.4) is 0 Å². The van der Waals surface area contributed by atoms with E-state index in [0.717, 1.165) is 11.3 Å². The number of hydrogen-bond acceptors (Lipinski definition) is 2. The topological polar surface area (TPSA) is 58.9 Å². The van der Waals surface area contributed by atoms with E-state index in [0.29, 0.717) is 6.54 Å². The van der Waals surface area contributed by atoms with Crippen molar-refractivity contribution in [3.05, 3.63) is 72.2 Å². The SMILES string of the molecule is C[C@H]([NH2+]CC(=O)N[C@H](C)c1cccc2ccccc12)c1ccco1. The van der Waals surface area contributed by atoms with Gasteiger partial charge < -0.3 is 15.1 Å². The summed E-state index contributed by atoms with van der Waals surface area (Å²) in [6.07, 6.45) is 1.66. The first kappa shape index (κ1) is 16.3. The Hall–Kier alpha value is -2.59. The van der Waals surface area contributed by atoms with E-state index in [2.05, 4.69) is 29.6 Å². The molecular formula is C20H23N2O2+. The molecule has 0 unspecified atom stereocenters. The number of rotatable bonds is 6. The first-order chi connectivity index (χ1) is 11.6. The lowest BCUT2D eigenvalue weighted by atomic mass is 10.00. The van der Waals surface area contributed by atoms with Gasteiger partial charge in [0.05, 0.1) is 12.3 Å². The minimum atomic E-state index is -0.0316. The largest absolute Gasteiger partial charge is 0.463 e. The maximum atomic E-state index is 12.3. The van der Waals surface area contributed by atoms with Crippen molar-refractivity contribution < 1.29 is 14.5 Å². The molecule has 0 aliphatic carbocycles. The van der Waals surface area contributed by atoms with Crippen LogP contribution in [0.5, 0.6) is 0 Å². The van der Waals surface area contributed by atoms with Crippen LogP contribution in [0, 0.1) is 0 Å². The van der Waals surface area contributed by atoms with E-state index < -0.39 is 0 Å². The molecule has 0 saturated carbocycles. The van der Waals surface area contributed by atoms with Crippen LogP contribution in [0.2, 0.25) is 0 Å². The van der Waals surface area contributed by atoms with Gasteiger partial charge in [0.1, 0.15) is 6.04 Å². The molecule has 0 aliphatic heterocycles. The molecule has 0 radical (unpaired) electrons. The van der Waals surface area contributed by atoms with Crippen LogP contribution in [0.1, 0.15) is 37.3 Å². The summed E-state index contributed by atoms with van der Waals surface area (Å²) >= 11 is 0. The minimum Gasteiger partial charge on any atom is -0.463 e. The van der Waals surface area contributed by atoms with E-state index >= 15 is 0 Å². The van der Waals surface area contributed by atoms with Gasteiger partial charge >= 0.3 is 0 Å². The van der Waals surface area contributed by atoms with Gasteiger partial charge in [0, 0.05) is 0 Å². The summed E-state index contributed by atoms with van der Waals surface area (Å²) in [6, 6.07) is 18.3. The molecule has 124 valence electrons. The monoisotopic (exact) mass is 323 g/mol. The molecule has 4 nitrogen and oxygen atoms in total. The molecule has 0 spiro atoms. The molecule has 1 aromatic heterocycles. The van der Waals surface area contributed by atoms with Gasteiger partial charge in [-0.1, -0.05) is 42.5 Å². The highest BCUT2D eigenvalue weighted by atomic mass is 16.3. The van der Waals surface area contributed by atoms with Gasteiger partial charge in [-0.3, -0.25) is 4.79 Å². The summed E-state index contributed by atoms with van der Waals surface area (Å²) in [5.41, 5.74) is 1.14. The van der Waals surface area contributed by atoms with E-state index in [-0.39, 0.29) is 18.0 Å². The molecule has 3 rings (SSSR count). The molecule has 0 aliphatic rings. The number of furan rings is 1. The van der Waals surface area contributed by atoms with Crippen LogP contribution in [0.4, 0.5) is 0 Å². The maximum absolute atomic E-state index is 12.3. The van der Waals surface area contributed by atoms with Gasteiger partial charge in [0.2, 0.25) is 0 Å². The van der Waals surface area contributed by atoms with Crippen molar-refractivity contribution in [1.29, 1.82) is 0 Å². The highest BCUT2D eigenvalue weighted by Gasteiger charge is 2.16. The second kappa shape index (κ2) is 7.32. The lowest BCUT2D eigenvalue weighted by Gasteiger charge is -2.17. The van der Waals surface area contributed by atoms with E-state index in [1.165, 1.54) is 10.8 Å². The molecule has 0 bridgehead atoms. The zero-order valence-corrected chi connectivity index (χ0v) is 14.0. The van der Waals surface area contributed by atoms with Crippen molar-refractivity contribution in [2.24, 2.45) is 0 Å². The summed E-state index contributed by atoms with van der Waals surface area (Å²) in [7, 11) is 0. The number of benzene rings is 2. The molecule has 2 aromatic carbocycles. The Morgan fingerprint density at radius 3 is 2.67 bits per heavy atom. The third kappa shape index (κ3) is 3.66. The molecule has 3 aromatic rings. The fourth-order valence-electron chi connectivity index (χ4n) is 2.96. The summed E-state index contributed by atoms with van der Waals surface area (Å²) in [5, 5.41) is 7.43. The third-order valence-electron chi connectivity index (χ3n) is 4.32. The molecule has 1 heterocycles. The number of carbonyl (C=O) groups excluding carboxylic acids is 1. The normalized spacial score (nSPS) is 13.6. The van der Waals surface area contributed by atoms with Gasteiger partial charge in [-0.2, -0.15) is 0 Å². The van der Waals surface area contributed by atoms with Crippen LogP contribution < -0.4 is 10.6 Å². The zero-order chi connectivity index (χ0) is 16.9. The van der Waals surface area contributed by atoms with Crippen molar-refractivity contribution in [2.45, 2.75) is 25.9 Å². The van der Waals surface area contributed by atoms with E-state index in [1.54, 1.807) is 6.26 Å². The molecule has 2 atom stereocenters.